The summed E-state index contributed by atoms with van der Waals surface area (Å²) in [7, 11) is 0. The molecule has 2 heterocycles. The first-order valence-corrected chi connectivity index (χ1v) is 10.3. The Kier molecular flexibility index (Phi) is 7.43. The van der Waals surface area contributed by atoms with Crippen LogP contribution in [-0.2, 0) is 6.54 Å². The van der Waals surface area contributed by atoms with E-state index in [0.29, 0.717) is 12.6 Å². The highest BCUT2D eigenvalue weighted by Gasteiger charge is 2.26. The van der Waals surface area contributed by atoms with Gasteiger partial charge in [0.1, 0.15) is 5.75 Å². The molecule has 5 nitrogen and oxygen atoms in total. The van der Waals surface area contributed by atoms with E-state index in [1.54, 1.807) is 0 Å². The second-order valence-electron chi connectivity index (χ2n) is 7.77. The monoisotopic (exact) mass is 383 g/mol. The fraction of sp³-hybridized carbons (Fsp3) is 0.522. The minimum Gasteiger partial charge on any atom is -0.494 e. The highest BCUT2D eigenvalue weighted by atomic mass is 16.5. The van der Waals surface area contributed by atoms with E-state index in [1.807, 2.05) is 19.1 Å². The Hall–Kier alpha value is -1.95. The Morgan fingerprint density at radius 1 is 1.25 bits per heavy atom. The Morgan fingerprint density at radius 3 is 2.86 bits per heavy atom. The summed E-state index contributed by atoms with van der Waals surface area (Å²) >= 11 is 0. The van der Waals surface area contributed by atoms with Gasteiger partial charge in [0, 0.05) is 50.8 Å². The number of allylic oxidation sites excluding steroid dienone is 1. The number of hydrogen-bond donors (Lipinski definition) is 1. The largest absolute Gasteiger partial charge is 0.494 e. The van der Waals surface area contributed by atoms with Gasteiger partial charge in [0.05, 0.1) is 17.8 Å². The van der Waals surface area contributed by atoms with Gasteiger partial charge in [0.2, 0.25) is 0 Å². The van der Waals surface area contributed by atoms with E-state index in [4.69, 9.17) is 9.72 Å². The molecule has 1 aromatic carbocycles. The summed E-state index contributed by atoms with van der Waals surface area (Å²) in [6.07, 6.45) is 3.10. The molecule has 5 heteroatoms. The third-order valence-corrected chi connectivity index (χ3v) is 5.30. The maximum Gasteiger partial charge on any atom is 0.120 e. The van der Waals surface area contributed by atoms with Crippen molar-refractivity contribution < 1.29 is 9.84 Å². The minimum atomic E-state index is 0.236. The number of piperazine rings is 1. The Labute approximate surface area is 168 Å². The zero-order valence-corrected chi connectivity index (χ0v) is 17.4. The van der Waals surface area contributed by atoms with Gasteiger partial charge in [-0.05, 0) is 51.5 Å². The van der Waals surface area contributed by atoms with Crippen molar-refractivity contribution in [3.05, 3.63) is 47.7 Å². The van der Waals surface area contributed by atoms with Crippen LogP contribution in [0.3, 0.4) is 0 Å². The van der Waals surface area contributed by atoms with E-state index in [9.17, 15) is 5.11 Å². The van der Waals surface area contributed by atoms with E-state index in [1.165, 1.54) is 5.57 Å². The van der Waals surface area contributed by atoms with Crippen LogP contribution in [-0.4, -0.2) is 65.3 Å². The summed E-state index contributed by atoms with van der Waals surface area (Å²) in [5.41, 5.74) is 3.45. The van der Waals surface area contributed by atoms with Crippen molar-refractivity contribution in [3.8, 4) is 5.75 Å². The van der Waals surface area contributed by atoms with Gasteiger partial charge in [-0.15, -0.1) is 0 Å². The number of ether oxygens (including phenoxy) is 1. The van der Waals surface area contributed by atoms with E-state index in [2.05, 4.69) is 47.9 Å². The molecule has 3 rings (SSSR count). The molecule has 1 aromatic heterocycles. The minimum absolute atomic E-state index is 0.236. The third kappa shape index (κ3) is 5.53. The number of aliphatic hydroxyl groups excluding tert-OH is 1. The van der Waals surface area contributed by atoms with Gasteiger partial charge < -0.3 is 9.84 Å². The SMILES string of the molecule is CCOc1ccc2nc(CN3CCN(CC=C(C)C)C(CCO)C3)ccc2c1. The standard InChI is InChI=1S/C23H33N3O2/c1-4-28-22-7-8-23-19(15-22)5-6-20(24-23)16-25-12-13-26(11-9-18(2)3)21(17-25)10-14-27/h5-9,15,21,27H,4,10-14,16-17H2,1-3H3. The molecule has 0 aliphatic carbocycles. The summed E-state index contributed by atoms with van der Waals surface area (Å²) < 4.78 is 5.58. The second-order valence-corrected chi connectivity index (χ2v) is 7.77. The highest BCUT2D eigenvalue weighted by Crippen LogP contribution is 2.21. The lowest BCUT2D eigenvalue weighted by molar-refractivity contribution is 0.0631. The highest BCUT2D eigenvalue weighted by molar-refractivity contribution is 5.80. The number of fused-ring (bicyclic) bond motifs is 1. The lowest BCUT2D eigenvalue weighted by Gasteiger charge is -2.41. The van der Waals surface area contributed by atoms with Crippen molar-refractivity contribution in [2.24, 2.45) is 0 Å². The number of nitrogens with zero attached hydrogens (tertiary/aromatic N) is 3. The van der Waals surface area contributed by atoms with Crippen LogP contribution >= 0.6 is 0 Å². The number of rotatable bonds is 8. The summed E-state index contributed by atoms with van der Waals surface area (Å²) in [4.78, 5) is 9.80. The van der Waals surface area contributed by atoms with E-state index >= 15 is 0 Å². The molecular formula is C23H33N3O2. The molecule has 1 fully saturated rings. The first-order valence-electron chi connectivity index (χ1n) is 10.3. The number of pyridine rings is 1. The van der Waals surface area contributed by atoms with E-state index < -0.39 is 0 Å². The van der Waals surface area contributed by atoms with Gasteiger partial charge >= 0.3 is 0 Å². The predicted octanol–water partition coefficient (Wildman–Crippen LogP) is 3.47. The molecule has 1 saturated heterocycles. The van der Waals surface area contributed by atoms with Crippen LogP contribution in [0, 0.1) is 0 Å². The van der Waals surface area contributed by atoms with Crippen LogP contribution < -0.4 is 4.74 Å². The Balaban J connectivity index is 1.66. The zero-order chi connectivity index (χ0) is 19.9. The summed E-state index contributed by atoms with van der Waals surface area (Å²) in [5.74, 6) is 0.892. The van der Waals surface area contributed by atoms with Crippen LogP contribution in [0.15, 0.2) is 42.0 Å². The van der Waals surface area contributed by atoms with Crippen LogP contribution in [0.5, 0.6) is 5.75 Å². The molecule has 1 N–H and O–H groups in total. The molecule has 0 saturated carbocycles. The van der Waals surface area contributed by atoms with Crippen molar-refractivity contribution in [1.29, 1.82) is 0 Å². The van der Waals surface area contributed by atoms with Crippen molar-refractivity contribution in [2.45, 2.75) is 39.8 Å². The molecular weight excluding hydrogens is 350 g/mol. The van der Waals surface area contributed by atoms with Gasteiger partial charge in [-0.25, -0.2) is 0 Å². The molecule has 152 valence electrons. The number of aliphatic hydroxyl groups is 1. The number of benzene rings is 1. The molecule has 1 unspecified atom stereocenters. The lowest BCUT2D eigenvalue weighted by Crippen LogP contribution is -2.53. The van der Waals surface area contributed by atoms with Gasteiger partial charge in [-0.3, -0.25) is 14.8 Å². The van der Waals surface area contributed by atoms with Gasteiger partial charge in [0.25, 0.3) is 0 Å². The average molecular weight is 384 g/mol. The van der Waals surface area contributed by atoms with Gasteiger partial charge in [-0.2, -0.15) is 0 Å². The van der Waals surface area contributed by atoms with Gasteiger partial charge in [-0.1, -0.05) is 17.7 Å². The molecule has 1 atom stereocenters. The van der Waals surface area contributed by atoms with Crippen LogP contribution in [0.4, 0.5) is 0 Å². The van der Waals surface area contributed by atoms with Crippen LogP contribution in [0.1, 0.15) is 32.9 Å². The molecule has 1 aliphatic rings. The molecule has 0 bridgehead atoms. The Morgan fingerprint density at radius 2 is 2.11 bits per heavy atom. The van der Waals surface area contributed by atoms with Crippen LogP contribution in [0.25, 0.3) is 10.9 Å². The Bertz CT molecular complexity index is 802. The normalized spacial score (nSPS) is 18.4. The molecule has 1 aliphatic heterocycles. The zero-order valence-electron chi connectivity index (χ0n) is 17.4. The quantitative estimate of drug-likeness (QED) is 0.708. The fourth-order valence-corrected chi connectivity index (χ4v) is 3.78. The maximum atomic E-state index is 9.49. The summed E-state index contributed by atoms with van der Waals surface area (Å²) in [5, 5.41) is 10.6. The fourth-order valence-electron chi connectivity index (χ4n) is 3.78. The second kappa shape index (κ2) is 10.0. The number of aromatic nitrogens is 1. The molecule has 2 aromatic rings. The van der Waals surface area contributed by atoms with E-state index in [-0.39, 0.29) is 6.61 Å². The molecule has 0 spiro atoms. The third-order valence-electron chi connectivity index (χ3n) is 5.30. The van der Waals surface area contributed by atoms with E-state index in [0.717, 1.165) is 61.5 Å². The molecule has 28 heavy (non-hydrogen) atoms. The predicted molar refractivity (Wildman–Crippen MR) is 115 cm³/mol. The molecule has 0 radical (unpaired) electrons. The number of hydrogen-bond acceptors (Lipinski definition) is 5. The topological polar surface area (TPSA) is 48.8 Å². The average Bonchev–Trinajstić information content (AvgIpc) is 2.68. The van der Waals surface area contributed by atoms with Gasteiger partial charge in [0.15, 0.2) is 0 Å². The van der Waals surface area contributed by atoms with Crippen molar-refractivity contribution in [1.82, 2.24) is 14.8 Å². The summed E-state index contributed by atoms with van der Waals surface area (Å²) in [6, 6.07) is 10.7. The molecule has 0 amide bonds. The first-order chi connectivity index (χ1) is 13.6. The first kappa shape index (κ1) is 20.8. The lowest BCUT2D eigenvalue weighted by atomic mass is 10.1. The summed E-state index contributed by atoms with van der Waals surface area (Å²) in [6.45, 7) is 12.0. The van der Waals surface area contributed by atoms with Crippen molar-refractivity contribution >= 4 is 10.9 Å². The van der Waals surface area contributed by atoms with Crippen LogP contribution in [0.2, 0.25) is 0 Å². The van der Waals surface area contributed by atoms with Crippen molar-refractivity contribution in [3.63, 3.8) is 0 Å². The maximum absolute atomic E-state index is 9.49. The van der Waals surface area contributed by atoms with Crippen molar-refractivity contribution in [2.75, 3.05) is 39.4 Å². The smallest absolute Gasteiger partial charge is 0.120 e.